The van der Waals surface area contributed by atoms with E-state index in [9.17, 15) is 43.2 Å². The first-order chi connectivity index (χ1) is 45.4. The first-order valence-electron chi connectivity index (χ1n) is 39.0. The summed E-state index contributed by atoms with van der Waals surface area (Å²) in [6, 6.07) is 0. The molecule has 0 radical (unpaired) electrons. The number of aliphatic hydroxyl groups is 1. The average Bonchev–Trinajstić information content (AvgIpc) is 1.41. The molecule has 0 bridgehead atoms. The number of rotatable bonds is 74. The number of aliphatic hydroxyl groups excluding tert-OH is 1. The van der Waals surface area contributed by atoms with Crippen LogP contribution in [0.5, 0.6) is 0 Å². The molecule has 0 heterocycles. The molecule has 0 fully saturated rings. The number of phosphoric ester groups is 2. The first kappa shape index (κ1) is 92.1. The number of carbonyl (C=O) groups is 4. The lowest BCUT2D eigenvalue weighted by Gasteiger charge is -2.21. The molecule has 19 heteroatoms. The van der Waals surface area contributed by atoms with Gasteiger partial charge in [0.1, 0.15) is 19.3 Å². The van der Waals surface area contributed by atoms with E-state index >= 15 is 0 Å². The maximum Gasteiger partial charge on any atom is 0.472 e. The Morgan fingerprint density at radius 1 is 0.287 bits per heavy atom. The minimum atomic E-state index is -4.95. The van der Waals surface area contributed by atoms with Crippen LogP contribution in [0.2, 0.25) is 0 Å². The summed E-state index contributed by atoms with van der Waals surface area (Å²) in [5, 5.41) is 10.6. The van der Waals surface area contributed by atoms with Crippen LogP contribution < -0.4 is 0 Å². The molecule has 0 spiro atoms. The zero-order valence-electron chi connectivity index (χ0n) is 61.3. The van der Waals surface area contributed by atoms with Gasteiger partial charge in [-0.2, -0.15) is 0 Å². The molecule has 0 saturated heterocycles. The van der Waals surface area contributed by atoms with Crippen molar-refractivity contribution >= 4 is 39.5 Å². The van der Waals surface area contributed by atoms with Gasteiger partial charge >= 0.3 is 39.5 Å². The number of hydrogen-bond donors (Lipinski definition) is 3. The van der Waals surface area contributed by atoms with Gasteiger partial charge in [-0.25, -0.2) is 9.13 Å². The van der Waals surface area contributed by atoms with Crippen LogP contribution in [0.25, 0.3) is 0 Å². The molecular formula is C75H146O17P2. The summed E-state index contributed by atoms with van der Waals surface area (Å²) in [5.41, 5.74) is 0. The minimum Gasteiger partial charge on any atom is -0.462 e. The minimum absolute atomic E-state index is 0.104. The monoisotopic (exact) mass is 1380 g/mol. The Morgan fingerprint density at radius 2 is 0.489 bits per heavy atom. The van der Waals surface area contributed by atoms with Gasteiger partial charge in [-0.05, 0) is 37.5 Å². The molecule has 94 heavy (non-hydrogen) atoms. The zero-order chi connectivity index (χ0) is 69.3. The lowest BCUT2D eigenvalue weighted by Crippen LogP contribution is -2.30. The summed E-state index contributed by atoms with van der Waals surface area (Å²) in [6.45, 7) is 9.48. The van der Waals surface area contributed by atoms with E-state index in [1.165, 1.54) is 199 Å². The van der Waals surface area contributed by atoms with E-state index in [1.54, 1.807) is 0 Å². The smallest absolute Gasteiger partial charge is 0.462 e. The standard InChI is InChI=1S/C75H146O17P2/c1-7-9-11-13-14-15-16-17-18-19-20-21-22-23-24-25-26-31-36-41-47-53-59-74(79)92-71(64-86-73(78)58-52-46-40-35-30-28-27-29-33-38-44-49-55-67(3)4)66-90-94(83,84)88-62-69(76)61-87-93(81,82)89-65-70(63-85-72(77)57-51-43-12-10-8-2)91-75(80)60-54-48-42-37-32-34-39-45-50-56-68(5)6/h67-71,76H,7-66H2,1-6H3,(H,81,82)(H,83,84)/t69-,70+,71+/m0/s1. The average molecular weight is 1380 g/mol. The quantitative estimate of drug-likeness (QED) is 0.0222. The van der Waals surface area contributed by atoms with Crippen LogP contribution in [-0.2, 0) is 65.4 Å². The van der Waals surface area contributed by atoms with Crippen LogP contribution in [-0.4, -0.2) is 96.7 Å². The fourth-order valence-corrected chi connectivity index (χ4v) is 13.1. The highest BCUT2D eigenvalue weighted by molar-refractivity contribution is 7.47. The SMILES string of the molecule is CCCCCCCCCCCCCCCCCCCCCCCCC(=O)O[C@H](COC(=O)CCCCCCCCCCCCCCC(C)C)COP(=O)(O)OC[C@@H](O)COP(=O)(O)OC[C@@H](COC(=O)CCCCCCC)OC(=O)CCCCCCCCCCCC(C)C. The maximum atomic E-state index is 13.1. The predicted octanol–water partition coefficient (Wildman–Crippen LogP) is 21.9. The molecule has 0 aliphatic carbocycles. The van der Waals surface area contributed by atoms with Crippen molar-refractivity contribution < 1.29 is 80.2 Å². The van der Waals surface area contributed by atoms with E-state index in [-0.39, 0.29) is 25.7 Å². The van der Waals surface area contributed by atoms with Crippen molar-refractivity contribution in [1.29, 1.82) is 0 Å². The van der Waals surface area contributed by atoms with Gasteiger partial charge in [-0.15, -0.1) is 0 Å². The Balaban J connectivity index is 5.11. The molecule has 2 unspecified atom stereocenters. The van der Waals surface area contributed by atoms with Crippen LogP contribution in [0, 0.1) is 11.8 Å². The summed E-state index contributed by atoms with van der Waals surface area (Å²) >= 11 is 0. The number of phosphoric acid groups is 2. The molecule has 0 saturated carbocycles. The predicted molar refractivity (Wildman–Crippen MR) is 381 cm³/mol. The summed E-state index contributed by atoms with van der Waals surface area (Å²) in [7, 11) is -9.90. The third-order valence-corrected chi connectivity index (χ3v) is 19.4. The molecule has 0 aromatic heterocycles. The fourth-order valence-electron chi connectivity index (χ4n) is 11.5. The molecular weight excluding hydrogens is 1230 g/mol. The van der Waals surface area contributed by atoms with E-state index in [0.717, 1.165) is 108 Å². The first-order valence-corrected chi connectivity index (χ1v) is 42.0. The molecule has 0 rings (SSSR count). The van der Waals surface area contributed by atoms with E-state index in [0.29, 0.717) is 25.7 Å². The fraction of sp³-hybridized carbons (Fsp3) is 0.947. The van der Waals surface area contributed by atoms with Gasteiger partial charge in [0.2, 0.25) is 0 Å². The van der Waals surface area contributed by atoms with Crippen molar-refractivity contribution in [3.05, 3.63) is 0 Å². The second kappa shape index (κ2) is 66.9. The lowest BCUT2D eigenvalue weighted by molar-refractivity contribution is -0.161. The van der Waals surface area contributed by atoms with Gasteiger partial charge in [0.25, 0.3) is 0 Å². The Bertz CT molecular complexity index is 1820. The largest absolute Gasteiger partial charge is 0.472 e. The highest BCUT2D eigenvalue weighted by Gasteiger charge is 2.30. The van der Waals surface area contributed by atoms with Crippen LogP contribution >= 0.6 is 15.6 Å². The molecule has 0 aromatic rings. The number of ether oxygens (including phenoxy) is 4. The Labute approximate surface area is 575 Å². The third kappa shape index (κ3) is 68.6. The van der Waals surface area contributed by atoms with E-state index < -0.39 is 97.5 Å². The normalized spacial score (nSPS) is 14.0. The molecule has 17 nitrogen and oxygen atoms in total. The van der Waals surface area contributed by atoms with Crippen LogP contribution in [0.4, 0.5) is 0 Å². The van der Waals surface area contributed by atoms with Crippen molar-refractivity contribution in [2.24, 2.45) is 11.8 Å². The van der Waals surface area contributed by atoms with Crippen LogP contribution in [0.1, 0.15) is 388 Å². The second-order valence-electron chi connectivity index (χ2n) is 28.0. The number of unbranched alkanes of at least 4 members (excludes halogenated alkanes) is 44. The summed E-state index contributed by atoms with van der Waals surface area (Å²) in [5.74, 6) is -0.612. The number of esters is 4. The van der Waals surface area contributed by atoms with Gasteiger partial charge in [-0.1, -0.05) is 337 Å². The van der Waals surface area contributed by atoms with Crippen LogP contribution in [0.15, 0.2) is 0 Å². The Hall–Kier alpha value is -1.94. The lowest BCUT2D eigenvalue weighted by atomic mass is 10.0. The van der Waals surface area contributed by atoms with Gasteiger partial charge in [0, 0.05) is 25.7 Å². The Morgan fingerprint density at radius 3 is 0.723 bits per heavy atom. The highest BCUT2D eigenvalue weighted by atomic mass is 31.2. The van der Waals surface area contributed by atoms with Gasteiger partial charge < -0.3 is 33.8 Å². The zero-order valence-corrected chi connectivity index (χ0v) is 63.1. The van der Waals surface area contributed by atoms with Gasteiger partial charge in [0.05, 0.1) is 26.4 Å². The second-order valence-corrected chi connectivity index (χ2v) is 30.9. The molecule has 0 aromatic carbocycles. The van der Waals surface area contributed by atoms with Crippen molar-refractivity contribution in [2.45, 2.75) is 407 Å². The maximum absolute atomic E-state index is 13.1. The summed E-state index contributed by atoms with van der Waals surface area (Å²) in [6.07, 6.45) is 54.7. The number of hydrogen-bond acceptors (Lipinski definition) is 15. The molecule has 0 aliphatic heterocycles. The topological polar surface area (TPSA) is 237 Å². The molecule has 0 aliphatic rings. The van der Waals surface area contributed by atoms with Gasteiger partial charge in [0.15, 0.2) is 12.2 Å². The van der Waals surface area contributed by atoms with Gasteiger partial charge in [-0.3, -0.25) is 37.3 Å². The van der Waals surface area contributed by atoms with E-state index in [1.807, 2.05) is 0 Å². The third-order valence-electron chi connectivity index (χ3n) is 17.5. The van der Waals surface area contributed by atoms with Crippen molar-refractivity contribution in [2.75, 3.05) is 39.6 Å². The molecule has 3 N–H and O–H groups in total. The number of carbonyl (C=O) groups excluding carboxylic acids is 4. The Kier molecular flexibility index (Phi) is 65.5. The van der Waals surface area contributed by atoms with E-state index in [4.69, 9.17) is 37.0 Å². The van der Waals surface area contributed by atoms with Crippen molar-refractivity contribution in [3.63, 3.8) is 0 Å². The van der Waals surface area contributed by atoms with Crippen LogP contribution in [0.3, 0.4) is 0 Å². The molecule has 5 atom stereocenters. The molecule has 0 amide bonds. The van der Waals surface area contributed by atoms with Crippen molar-refractivity contribution in [1.82, 2.24) is 0 Å². The van der Waals surface area contributed by atoms with E-state index in [2.05, 4.69) is 41.5 Å². The highest BCUT2D eigenvalue weighted by Crippen LogP contribution is 2.45. The summed E-state index contributed by atoms with van der Waals surface area (Å²) < 4.78 is 68.2. The molecule has 558 valence electrons. The summed E-state index contributed by atoms with van der Waals surface area (Å²) in [4.78, 5) is 72.4. The van der Waals surface area contributed by atoms with Crippen molar-refractivity contribution in [3.8, 4) is 0 Å².